The van der Waals surface area contributed by atoms with Crippen LogP contribution in [0.25, 0.3) is 21.9 Å². The van der Waals surface area contributed by atoms with Gasteiger partial charge in [-0.3, -0.25) is 9.88 Å². The first-order valence-electron chi connectivity index (χ1n) is 11.0. The first-order valence-corrected chi connectivity index (χ1v) is 11.0. The van der Waals surface area contributed by atoms with Gasteiger partial charge < -0.3 is 20.9 Å². The fourth-order valence-corrected chi connectivity index (χ4v) is 4.72. The molecule has 0 aliphatic carbocycles. The third kappa shape index (κ3) is 3.54. The average Bonchev–Trinajstić information content (AvgIpc) is 3.35. The van der Waals surface area contributed by atoms with Crippen LogP contribution in [0.3, 0.4) is 0 Å². The molecule has 174 valence electrons. The van der Waals surface area contributed by atoms with Crippen LogP contribution in [0.5, 0.6) is 0 Å². The van der Waals surface area contributed by atoms with Crippen molar-refractivity contribution in [2.24, 2.45) is 5.92 Å². The standard InChI is InChI=1S/C24H23FN6O3/c1-12-17(9-28-19-4-13(7-26)8-30-23(12)19)16-5-14-6-20(29-10-18(14)22(27)21(16)25)31(24(32)33)15-2-3-34-11-15/h5-6,9-10,13,15,30H,2-4,8,11,27H2,1H3,(H,32,33)/t13?,15-/m1/s1. The molecule has 1 fully saturated rings. The number of nitrogens with one attached hydrogen (secondary N) is 1. The Morgan fingerprint density at radius 2 is 2.18 bits per heavy atom. The Hall–Kier alpha value is -3.97. The van der Waals surface area contributed by atoms with E-state index >= 15 is 4.39 Å². The van der Waals surface area contributed by atoms with Gasteiger partial charge in [0.05, 0.1) is 41.7 Å². The number of nitrogens with zero attached hydrogens (tertiary/aromatic N) is 4. The number of ether oxygens (including phenoxy) is 1. The molecule has 0 radical (unpaired) electrons. The lowest BCUT2D eigenvalue weighted by Crippen LogP contribution is -2.40. The van der Waals surface area contributed by atoms with Crippen LogP contribution in [-0.2, 0) is 11.2 Å². The zero-order valence-corrected chi connectivity index (χ0v) is 18.5. The van der Waals surface area contributed by atoms with Crippen molar-refractivity contribution in [2.45, 2.75) is 25.8 Å². The van der Waals surface area contributed by atoms with E-state index in [9.17, 15) is 15.2 Å². The normalized spacial score (nSPS) is 19.3. The summed E-state index contributed by atoms with van der Waals surface area (Å²) < 4.78 is 20.8. The van der Waals surface area contributed by atoms with Crippen LogP contribution in [0.15, 0.2) is 24.5 Å². The molecule has 3 aromatic rings. The molecule has 10 heteroatoms. The van der Waals surface area contributed by atoms with Crippen LogP contribution in [-0.4, -0.2) is 47.0 Å². The van der Waals surface area contributed by atoms with Gasteiger partial charge in [-0.25, -0.2) is 14.2 Å². The van der Waals surface area contributed by atoms with Gasteiger partial charge in [0.1, 0.15) is 5.82 Å². The number of hydrogen-bond donors (Lipinski definition) is 3. The molecule has 4 N–H and O–H groups in total. The van der Waals surface area contributed by atoms with Crippen molar-refractivity contribution in [1.29, 1.82) is 5.26 Å². The second-order valence-electron chi connectivity index (χ2n) is 8.62. The van der Waals surface area contributed by atoms with Crippen molar-refractivity contribution in [3.8, 4) is 17.2 Å². The molecular formula is C24H23FN6O3. The van der Waals surface area contributed by atoms with Crippen LogP contribution in [0.2, 0.25) is 0 Å². The lowest BCUT2D eigenvalue weighted by atomic mass is 9.92. The Kier molecular flexibility index (Phi) is 5.42. The maximum Gasteiger partial charge on any atom is 0.413 e. The smallest absolute Gasteiger partial charge is 0.413 e. The lowest BCUT2D eigenvalue weighted by molar-refractivity contribution is 0.183. The molecule has 1 unspecified atom stereocenters. The summed E-state index contributed by atoms with van der Waals surface area (Å²) in [6.07, 6.45) is 2.98. The highest BCUT2D eigenvalue weighted by Crippen LogP contribution is 2.39. The van der Waals surface area contributed by atoms with Crippen LogP contribution in [0, 0.1) is 30.0 Å². The van der Waals surface area contributed by atoms with Gasteiger partial charge in [0.15, 0.2) is 5.82 Å². The molecule has 1 amide bonds. The summed E-state index contributed by atoms with van der Waals surface area (Å²) in [4.78, 5) is 21.9. The molecule has 2 aliphatic heterocycles. The van der Waals surface area contributed by atoms with E-state index in [-0.39, 0.29) is 29.0 Å². The van der Waals surface area contributed by atoms with E-state index in [1.54, 1.807) is 18.3 Å². The van der Waals surface area contributed by atoms with Crippen molar-refractivity contribution >= 4 is 34.1 Å². The first-order chi connectivity index (χ1) is 16.4. The minimum Gasteiger partial charge on any atom is -0.465 e. The number of halogens is 1. The van der Waals surface area contributed by atoms with Crippen molar-refractivity contribution < 1.29 is 19.0 Å². The predicted octanol–water partition coefficient (Wildman–Crippen LogP) is 3.71. The van der Waals surface area contributed by atoms with Gasteiger partial charge in [0.25, 0.3) is 0 Å². The number of aromatic nitrogens is 2. The number of nitrogens with two attached hydrogens (primary N) is 1. The zero-order chi connectivity index (χ0) is 24.0. The summed E-state index contributed by atoms with van der Waals surface area (Å²) in [6, 6.07) is 5.17. The Morgan fingerprint density at radius 1 is 1.35 bits per heavy atom. The van der Waals surface area contributed by atoms with Crippen LogP contribution < -0.4 is 16.0 Å². The quantitative estimate of drug-likeness (QED) is 0.501. The molecule has 4 heterocycles. The van der Waals surface area contributed by atoms with E-state index in [1.165, 1.54) is 11.1 Å². The Bertz CT molecular complexity index is 1350. The molecule has 1 saturated heterocycles. The van der Waals surface area contributed by atoms with E-state index in [2.05, 4.69) is 21.4 Å². The number of rotatable bonds is 3. The van der Waals surface area contributed by atoms with E-state index in [1.807, 2.05) is 6.92 Å². The lowest BCUT2D eigenvalue weighted by Gasteiger charge is -2.25. The van der Waals surface area contributed by atoms with Crippen LogP contribution in [0.1, 0.15) is 17.7 Å². The summed E-state index contributed by atoms with van der Waals surface area (Å²) in [5.74, 6) is -0.513. The molecular weight excluding hydrogens is 439 g/mol. The Morgan fingerprint density at radius 3 is 2.88 bits per heavy atom. The average molecular weight is 462 g/mol. The SMILES string of the molecule is Cc1c(-c2cc3cc(N(C(=O)O)[C@@H]4CCOC4)ncc3c(N)c2F)cnc2c1NCC(C#N)C2. The Labute approximate surface area is 195 Å². The molecule has 0 saturated carbocycles. The summed E-state index contributed by atoms with van der Waals surface area (Å²) in [5.41, 5.74) is 9.32. The second-order valence-corrected chi connectivity index (χ2v) is 8.62. The largest absolute Gasteiger partial charge is 0.465 e. The summed E-state index contributed by atoms with van der Waals surface area (Å²) in [6.45, 7) is 3.16. The van der Waals surface area contributed by atoms with Crippen LogP contribution in [0.4, 0.5) is 26.4 Å². The molecule has 9 nitrogen and oxygen atoms in total. The highest BCUT2D eigenvalue weighted by Gasteiger charge is 2.30. The zero-order valence-electron chi connectivity index (χ0n) is 18.5. The van der Waals surface area contributed by atoms with E-state index in [4.69, 9.17) is 10.5 Å². The number of pyridine rings is 2. The van der Waals surface area contributed by atoms with Crippen LogP contribution >= 0.6 is 0 Å². The predicted molar refractivity (Wildman–Crippen MR) is 125 cm³/mol. The molecule has 2 atom stereocenters. The minimum atomic E-state index is -1.13. The number of amides is 1. The van der Waals surface area contributed by atoms with Gasteiger partial charge in [0, 0.05) is 48.5 Å². The van der Waals surface area contributed by atoms with Crippen molar-refractivity contribution in [2.75, 3.05) is 35.7 Å². The highest BCUT2D eigenvalue weighted by atomic mass is 19.1. The molecule has 2 aliphatic rings. The maximum absolute atomic E-state index is 15.4. The molecule has 34 heavy (non-hydrogen) atoms. The van der Waals surface area contributed by atoms with Gasteiger partial charge in [-0.1, -0.05) is 0 Å². The minimum absolute atomic E-state index is 0.0627. The topological polar surface area (TPSA) is 137 Å². The fraction of sp³-hybridized carbons (Fsp3) is 0.333. The molecule has 5 rings (SSSR count). The molecule has 0 bridgehead atoms. The Balaban J connectivity index is 1.62. The number of benzene rings is 1. The summed E-state index contributed by atoms with van der Waals surface area (Å²) in [5, 5.41) is 23.2. The number of anilines is 3. The summed E-state index contributed by atoms with van der Waals surface area (Å²) in [7, 11) is 0. The number of nitrogen functional groups attached to an aromatic ring is 1. The van der Waals surface area contributed by atoms with Crippen molar-refractivity contribution in [3.63, 3.8) is 0 Å². The van der Waals surface area contributed by atoms with E-state index in [0.717, 1.165) is 16.9 Å². The van der Waals surface area contributed by atoms with Gasteiger partial charge in [-0.15, -0.1) is 0 Å². The van der Waals surface area contributed by atoms with Gasteiger partial charge in [0.2, 0.25) is 0 Å². The highest BCUT2D eigenvalue weighted by molar-refractivity contribution is 5.99. The fourth-order valence-electron chi connectivity index (χ4n) is 4.72. The van der Waals surface area contributed by atoms with Gasteiger partial charge >= 0.3 is 6.09 Å². The number of hydrogen-bond acceptors (Lipinski definition) is 7. The van der Waals surface area contributed by atoms with E-state index in [0.29, 0.717) is 48.9 Å². The third-order valence-corrected chi connectivity index (χ3v) is 6.56. The molecule has 0 spiro atoms. The molecule has 2 aromatic heterocycles. The number of carbonyl (C=O) groups is 1. The first kappa shape index (κ1) is 21.9. The molecule has 1 aromatic carbocycles. The van der Waals surface area contributed by atoms with Crippen molar-refractivity contribution in [1.82, 2.24) is 9.97 Å². The maximum atomic E-state index is 15.4. The van der Waals surface area contributed by atoms with E-state index < -0.39 is 11.9 Å². The number of fused-ring (bicyclic) bond motifs is 2. The monoisotopic (exact) mass is 462 g/mol. The summed E-state index contributed by atoms with van der Waals surface area (Å²) >= 11 is 0. The van der Waals surface area contributed by atoms with Crippen molar-refractivity contribution in [3.05, 3.63) is 41.6 Å². The van der Waals surface area contributed by atoms with Gasteiger partial charge in [-0.05, 0) is 36.4 Å². The van der Waals surface area contributed by atoms with Gasteiger partial charge in [-0.2, -0.15) is 5.26 Å². The third-order valence-electron chi connectivity index (χ3n) is 6.56. The number of carboxylic acid groups (broad SMARTS) is 1. The second kappa shape index (κ2) is 8.43. The number of nitriles is 1.